The van der Waals surface area contributed by atoms with Crippen LogP contribution in [-0.2, 0) is 0 Å². The summed E-state index contributed by atoms with van der Waals surface area (Å²) in [7, 11) is 0. The summed E-state index contributed by atoms with van der Waals surface area (Å²) in [5.74, 6) is -1.03. The summed E-state index contributed by atoms with van der Waals surface area (Å²) in [4.78, 5) is 25.8. The molecule has 0 saturated carbocycles. The predicted molar refractivity (Wildman–Crippen MR) is 69.1 cm³/mol. The average Bonchev–Trinajstić information content (AvgIpc) is 2.67. The number of carboxylic acid groups (broad SMARTS) is 1. The number of H-pyrrole nitrogens is 1. The van der Waals surface area contributed by atoms with Crippen LogP contribution in [0.15, 0.2) is 23.0 Å². The molecule has 2 N–H and O–H groups in total. The minimum atomic E-state index is -1.03. The van der Waals surface area contributed by atoms with Crippen LogP contribution in [0.25, 0.3) is 11.0 Å². The Morgan fingerprint density at radius 2 is 2.06 bits per heavy atom. The first-order chi connectivity index (χ1) is 8.60. The summed E-state index contributed by atoms with van der Waals surface area (Å²) in [6.45, 7) is 4.03. The van der Waals surface area contributed by atoms with Gasteiger partial charge in [0.1, 0.15) is 0 Å². The number of benzene rings is 1. The Bertz CT molecular complexity index is 635. The molecule has 2 rings (SSSR count). The number of hydrogen-bond donors (Lipinski definition) is 2. The molecule has 1 aromatic carbocycles. The monoisotopic (exact) mass is 248 g/mol. The Hall–Kier alpha value is -2.04. The van der Waals surface area contributed by atoms with Gasteiger partial charge >= 0.3 is 11.7 Å². The van der Waals surface area contributed by atoms with Crippen LogP contribution >= 0.6 is 0 Å². The lowest BCUT2D eigenvalue weighted by Gasteiger charge is -2.14. The molecule has 0 aliphatic heterocycles. The Kier molecular flexibility index (Phi) is 3.23. The molecule has 5 nitrogen and oxygen atoms in total. The number of para-hydroxylation sites is 1. The van der Waals surface area contributed by atoms with Crippen LogP contribution in [0.3, 0.4) is 0 Å². The Balaban J connectivity index is 2.77. The highest BCUT2D eigenvalue weighted by Gasteiger charge is 2.17. The molecule has 0 spiro atoms. The van der Waals surface area contributed by atoms with E-state index in [1.54, 1.807) is 16.7 Å². The van der Waals surface area contributed by atoms with E-state index in [0.717, 1.165) is 12.8 Å². The van der Waals surface area contributed by atoms with Crippen molar-refractivity contribution in [3.05, 3.63) is 34.2 Å². The van der Waals surface area contributed by atoms with Gasteiger partial charge in [-0.05, 0) is 25.0 Å². The van der Waals surface area contributed by atoms with Gasteiger partial charge in [-0.1, -0.05) is 19.9 Å². The highest BCUT2D eigenvalue weighted by atomic mass is 16.4. The zero-order valence-electron chi connectivity index (χ0n) is 10.4. The molecule has 0 aliphatic carbocycles. The van der Waals surface area contributed by atoms with E-state index in [4.69, 9.17) is 5.11 Å². The van der Waals surface area contributed by atoms with Gasteiger partial charge in [-0.25, -0.2) is 9.59 Å². The third kappa shape index (κ3) is 1.81. The first-order valence-corrected chi connectivity index (χ1v) is 6.06. The topological polar surface area (TPSA) is 75.1 Å². The lowest BCUT2D eigenvalue weighted by molar-refractivity contribution is 0.0699. The number of aromatic carboxylic acids is 1. The second-order valence-corrected chi connectivity index (χ2v) is 4.28. The standard InChI is InChI=1S/C13H16N2O3/c1-3-8(4-2)15-10-7-5-6-9(12(16)17)11(10)14-13(15)18/h5-8H,3-4H2,1-2H3,(H,14,18)(H,16,17). The molecule has 0 fully saturated rings. The summed E-state index contributed by atoms with van der Waals surface area (Å²) in [5.41, 5.74) is 0.956. The minimum absolute atomic E-state index is 0.0929. The van der Waals surface area contributed by atoms with Gasteiger partial charge in [-0.2, -0.15) is 0 Å². The summed E-state index contributed by atoms with van der Waals surface area (Å²) in [6.07, 6.45) is 1.67. The second-order valence-electron chi connectivity index (χ2n) is 4.28. The fourth-order valence-electron chi connectivity index (χ4n) is 2.34. The lowest BCUT2D eigenvalue weighted by Crippen LogP contribution is -2.21. The smallest absolute Gasteiger partial charge is 0.337 e. The Morgan fingerprint density at radius 1 is 1.39 bits per heavy atom. The summed E-state index contributed by atoms with van der Waals surface area (Å²) in [5, 5.41) is 9.10. The van der Waals surface area contributed by atoms with Gasteiger partial charge in [0, 0.05) is 6.04 Å². The molecule has 2 aromatic rings. The molecule has 1 aromatic heterocycles. The van der Waals surface area contributed by atoms with Crippen molar-refractivity contribution in [2.75, 3.05) is 0 Å². The highest BCUT2D eigenvalue weighted by molar-refractivity contribution is 6.00. The molecule has 0 saturated heterocycles. The number of aromatic nitrogens is 2. The maximum Gasteiger partial charge on any atom is 0.337 e. The van der Waals surface area contributed by atoms with Gasteiger partial charge in [0.25, 0.3) is 0 Å². The van der Waals surface area contributed by atoms with Crippen molar-refractivity contribution in [2.24, 2.45) is 0 Å². The predicted octanol–water partition coefficient (Wildman–Crippen LogP) is 2.39. The molecular weight excluding hydrogens is 232 g/mol. The van der Waals surface area contributed by atoms with Gasteiger partial charge in [0.15, 0.2) is 0 Å². The zero-order chi connectivity index (χ0) is 13.3. The number of aromatic amines is 1. The molecule has 0 amide bonds. The van der Waals surface area contributed by atoms with E-state index in [0.29, 0.717) is 11.0 Å². The third-order valence-electron chi connectivity index (χ3n) is 3.29. The SMILES string of the molecule is CCC(CC)n1c(=O)[nH]c2c(C(=O)O)cccc21. The molecule has 0 radical (unpaired) electrons. The van der Waals surface area contributed by atoms with E-state index in [1.165, 1.54) is 6.07 Å². The number of hydrogen-bond acceptors (Lipinski definition) is 2. The van der Waals surface area contributed by atoms with E-state index in [1.807, 2.05) is 13.8 Å². The van der Waals surface area contributed by atoms with E-state index < -0.39 is 5.97 Å². The van der Waals surface area contributed by atoms with Crippen LogP contribution in [0.5, 0.6) is 0 Å². The first-order valence-electron chi connectivity index (χ1n) is 6.06. The summed E-state index contributed by atoms with van der Waals surface area (Å²) < 4.78 is 1.65. The van der Waals surface area contributed by atoms with E-state index >= 15 is 0 Å². The third-order valence-corrected chi connectivity index (χ3v) is 3.29. The molecular formula is C13H16N2O3. The largest absolute Gasteiger partial charge is 0.478 e. The lowest BCUT2D eigenvalue weighted by atomic mass is 10.1. The number of fused-ring (bicyclic) bond motifs is 1. The average molecular weight is 248 g/mol. The van der Waals surface area contributed by atoms with Crippen LogP contribution in [-0.4, -0.2) is 20.6 Å². The van der Waals surface area contributed by atoms with Crippen LogP contribution in [0.2, 0.25) is 0 Å². The normalized spacial score (nSPS) is 11.3. The van der Waals surface area contributed by atoms with Crippen molar-refractivity contribution in [1.82, 2.24) is 9.55 Å². The molecule has 0 bridgehead atoms. The maximum absolute atomic E-state index is 12.0. The fourth-order valence-corrected chi connectivity index (χ4v) is 2.34. The minimum Gasteiger partial charge on any atom is -0.478 e. The number of nitrogens with zero attached hydrogens (tertiary/aromatic N) is 1. The van der Waals surface area contributed by atoms with Crippen LogP contribution in [0.4, 0.5) is 0 Å². The van der Waals surface area contributed by atoms with Crippen molar-refractivity contribution >= 4 is 17.0 Å². The summed E-state index contributed by atoms with van der Waals surface area (Å²) >= 11 is 0. The number of carbonyl (C=O) groups is 1. The van der Waals surface area contributed by atoms with Gasteiger partial charge < -0.3 is 10.1 Å². The quantitative estimate of drug-likeness (QED) is 0.872. The van der Waals surface area contributed by atoms with Gasteiger partial charge in [-0.3, -0.25) is 4.57 Å². The van der Waals surface area contributed by atoms with Gasteiger partial charge in [0.05, 0.1) is 16.6 Å². The van der Waals surface area contributed by atoms with Crippen LogP contribution < -0.4 is 5.69 Å². The maximum atomic E-state index is 12.0. The van der Waals surface area contributed by atoms with Crippen LogP contribution in [0.1, 0.15) is 43.1 Å². The molecule has 0 unspecified atom stereocenters. The molecule has 0 atom stereocenters. The fraction of sp³-hybridized carbons (Fsp3) is 0.385. The van der Waals surface area contributed by atoms with Gasteiger partial charge in [0.2, 0.25) is 0 Å². The Morgan fingerprint density at radius 3 is 2.61 bits per heavy atom. The molecule has 5 heteroatoms. The van der Waals surface area contributed by atoms with Crippen LogP contribution in [0, 0.1) is 0 Å². The van der Waals surface area contributed by atoms with E-state index in [9.17, 15) is 9.59 Å². The molecule has 0 aliphatic rings. The number of carboxylic acids is 1. The highest BCUT2D eigenvalue weighted by Crippen LogP contribution is 2.22. The number of nitrogens with one attached hydrogen (secondary N) is 1. The van der Waals surface area contributed by atoms with E-state index in [-0.39, 0.29) is 17.3 Å². The zero-order valence-corrected chi connectivity index (χ0v) is 10.4. The first kappa shape index (κ1) is 12.4. The molecule has 18 heavy (non-hydrogen) atoms. The van der Waals surface area contributed by atoms with Crippen molar-refractivity contribution < 1.29 is 9.90 Å². The molecule has 96 valence electrons. The number of rotatable bonds is 4. The number of imidazole rings is 1. The Labute approximate surface area is 104 Å². The van der Waals surface area contributed by atoms with Crippen molar-refractivity contribution in [3.8, 4) is 0 Å². The van der Waals surface area contributed by atoms with Crippen molar-refractivity contribution in [2.45, 2.75) is 32.7 Å². The van der Waals surface area contributed by atoms with Crippen molar-refractivity contribution in [3.63, 3.8) is 0 Å². The second kappa shape index (κ2) is 4.68. The summed E-state index contributed by atoms with van der Waals surface area (Å²) in [6, 6.07) is 5.03. The van der Waals surface area contributed by atoms with E-state index in [2.05, 4.69) is 4.98 Å². The van der Waals surface area contributed by atoms with Crippen molar-refractivity contribution in [1.29, 1.82) is 0 Å². The van der Waals surface area contributed by atoms with Gasteiger partial charge in [-0.15, -0.1) is 0 Å². The molecule has 1 heterocycles.